The average Bonchev–Trinajstić information content (AvgIpc) is 2.75. The first kappa shape index (κ1) is 14.0. The number of H-pyrrole nitrogens is 1. The third-order valence-corrected chi connectivity index (χ3v) is 3.16. The highest BCUT2D eigenvalue weighted by atomic mass is 16.1. The third kappa shape index (κ3) is 2.79. The highest BCUT2D eigenvalue weighted by Crippen LogP contribution is 2.15. The summed E-state index contributed by atoms with van der Waals surface area (Å²) in [6.45, 7) is 4.31. The maximum Gasteiger partial charge on any atom is 0.255 e. The van der Waals surface area contributed by atoms with Crippen LogP contribution in [-0.4, -0.2) is 35.2 Å². The zero-order valence-electron chi connectivity index (χ0n) is 12.2. The van der Waals surface area contributed by atoms with E-state index in [1.165, 1.54) is 0 Å². The predicted molar refractivity (Wildman–Crippen MR) is 77.8 cm³/mol. The summed E-state index contributed by atoms with van der Waals surface area (Å²) >= 11 is 0. The minimum atomic E-state index is -0.137. The number of amides is 1. The van der Waals surface area contributed by atoms with Gasteiger partial charge in [-0.05, 0) is 26.0 Å². The topological polar surface area (TPSA) is 73.9 Å². The van der Waals surface area contributed by atoms with Gasteiger partial charge in [0, 0.05) is 38.1 Å². The lowest BCUT2D eigenvalue weighted by atomic mass is 10.2. The van der Waals surface area contributed by atoms with Crippen LogP contribution in [0.1, 0.15) is 27.3 Å². The summed E-state index contributed by atoms with van der Waals surface area (Å²) in [4.78, 5) is 18.3. The Morgan fingerprint density at radius 1 is 1.40 bits per heavy atom. The van der Waals surface area contributed by atoms with Crippen LogP contribution in [-0.2, 0) is 6.54 Å². The van der Waals surface area contributed by atoms with Crippen LogP contribution in [0.25, 0.3) is 0 Å². The molecule has 2 rings (SSSR count). The molecular weight excluding hydrogens is 254 g/mol. The molecule has 2 aromatic heterocycles. The minimum absolute atomic E-state index is 0.137. The van der Waals surface area contributed by atoms with E-state index in [0.29, 0.717) is 17.9 Å². The molecule has 0 radical (unpaired) electrons. The summed E-state index contributed by atoms with van der Waals surface area (Å²) in [5.41, 5.74) is 3.47. The summed E-state index contributed by atoms with van der Waals surface area (Å²) in [6, 6.07) is 3.53. The number of carbonyl (C=O) groups is 1. The van der Waals surface area contributed by atoms with Gasteiger partial charge in [0.2, 0.25) is 0 Å². The minimum Gasteiger partial charge on any atom is -0.362 e. The molecule has 2 aromatic rings. The summed E-state index contributed by atoms with van der Waals surface area (Å²) in [5.74, 6) is 0.521. The number of nitrogens with zero attached hydrogens (tertiary/aromatic N) is 3. The van der Waals surface area contributed by atoms with Crippen molar-refractivity contribution < 1.29 is 4.79 Å². The van der Waals surface area contributed by atoms with Gasteiger partial charge in [0.1, 0.15) is 5.82 Å². The number of hydrogen-bond donors (Lipinski definition) is 2. The molecule has 2 heterocycles. The second kappa shape index (κ2) is 5.73. The number of nitrogens with one attached hydrogen (secondary N) is 2. The van der Waals surface area contributed by atoms with Crippen molar-refractivity contribution in [1.82, 2.24) is 20.5 Å². The van der Waals surface area contributed by atoms with E-state index >= 15 is 0 Å². The zero-order valence-corrected chi connectivity index (χ0v) is 12.2. The van der Waals surface area contributed by atoms with Gasteiger partial charge in [-0.2, -0.15) is 5.10 Å². The van der Waals surface area contributed by atoms with Gasteiger partial charge >= 0.3 is 0 Å². The van der Waals surface area contributed by atoms with Crippen LogP contribution in [0.2, 0.25) is 0 Å². The third-order valence-electron chi connectivity index (χ3n) is 3.16. The Kier molecular flexibility index (Phi) is 4.02. The molecule has 0 aliphatic heterocycles. The number of aryl methyl sites for hydroxylation is 2. The average molecular weight is 273 g/mol. The molecule has 0 saturated heterocycles. The Bertz CT molecular complexity index is 598. The number of aromatic nitrogens is 3. The van der Waals surface area contributed by atoms with E-state index in [1.54, 1.807) is 18.3 Å². The number of hydrogen-bond acceptors (Lipinski definition) is 4. The van der Waals surface area contributed by atoms with E-state index in [4.69, 9.17) is 0 Å². The Labute approximate surface area is 118 Å². The molecule has 6 nitrogen and oxygen atoms in total. The molecule has 1 amide bonds. The highest BCUT2D eigenvalue weighted by Gasteiger charge is 2.14. The molecule has 0 saturated carbocycles. The Morgan fingerprint density at radius 3 is 2.75 bits per heavy atom. The van der Waals surface area contributed by atoms with Gasteiger partial charge in [0.15, 0.2) is 0 Å². The monoisotopic (exact) mass is 273 g/mol. The molecular formula is C14H19N5O. The fourth-order valence-corrected chi connectivity index (χ4v) is 2.03. The van der Waals surface area contributed by atoms with E-state index < -0.39 is 0 Å². The first-order chi connectivity index (χ1) is 9.50. The fraction of sp³-hybridized carbons (Fsp3) is 0.357. The second-order valence-electron chi connectivity index (χ2n) is 4.86. The SMILES string of the molecule is Cc1n[nH]c(C)c1CNC(=O)c1cccnc1N(C)C. The van der Waals surface area contributed by atoms with Crippen molar-refractivity contribution in [2.75, 3.05) is 19.0 Å². The molecule has 20 heavy (non-hydrogen) atoms. The highest BCUT2D eigenvalue weighted by molar-refractivity contribution is 5.98. The van der Waals surface area contributed by atoms with Gasteiger partial charge in [0.05, 0.1) is 11.3 Å². The van der Waals surface area contributed by atoms with Gasteiger partial charge < -0.3 is 10.2 Å². The largest absolute Gasteiger partial charge is 0.362 e. The zero-order chi connectivity index (χ0) is 14.7. The van der Waals surface area contributed by atoms with Gasteiger partial charge in [0.25, 0.3) is 5.91 Å². The first-order valence-electron chi connectivity index (χ1n) is 6.41. The number of carbonyl (C=O) groups excluding carboxylic acids is 1. The summed E-state index contributed by atoms with van der Waals surface area (Å²) in [6.07, 6.45) is 1.68. The lowest BCUT2D eigenvalue weighted by molar-refractivity contribution is 0.0951. The first-order valence-corrected chi connectivity index (χ1v) is 6.41. The van der Waals surface area contributed by atoms with E-state index in [2.05, 4.69) is 20.5 Å². The maximum absolute atomic E-state index is 12.3. The van der Waals surface area contributed by atoms with E-state index in [0.717, 1.165) is 17.0 Å². The van der Waals surface area contributed by atoms with Gasteiger partial charge in [-0.15, -0.1) is 0 Å². The molecule has 106 valence electrons. The van der Waals surface area contributed by atoms with E-state index in [1.807, 2.05) is 32.8 Å². The van der Waals surface area contributed by atoms with Crippen molar-refractivity contribution in [1.29, 1.82) is 0 Å². The summed E-state index contributed by atoms with van der Waals surface area (Å²) in [5, 5.41) is 9.94. The second-order valence-corrected chi connectivity index (χ2v) is 4.86. The standard InChI is InChI=1S/C14H19N5O/c1-9-12(10(2)18-17-9)8-16-14(20)11-6-5-7-15-13(11)19(3)4/h5-7H,8H2,1-4H3,(H,16,20)(H,17,18). The van der Waals surface area contributed by atoms with Gasteiger partial charge in [-0.3, -0.25) is 9.89 Å². The molecule has 0 aromatic carbocycles. The van der Waals surface area contributed by atoms with Crippen molar-refractivity contribution in [3.63, 3.8) is 0 Å². The number of aromatic amines is 1. The molecule has 0 aliphatic rings. The molecule has 0 unspecified atom stereocenters. The van der Waals surface area contributed by atoms with E-state index in [-0.39, 0.29) is 5.91 Å². The molecule has 0 aliphatic carbocycles. The van der Waals surface area contributed by atoms with Crippen LogP contribution in [0.4, 0.5) is 5.82 Å². The van der Waals surface area contributed by atoms with Gasteiger partial charge in [-0.25, -0.2) is 4.98 Å². The van der Waals surface area contributed by atoms with Crippen LogP contribution in [0, 0.1) is 13.8 Å². The fourth-order valence-electron chi connectivity index (χ4n) is 2.03. The van der Waals surface area contributed by atoms with Crippen LogP contribution in [0.15, 0.2) is 18.3 Å². The molecule has 6 heteroatoms. The summed E-state index contributed by atoms with van der Waals surface area (Å²) < 4.78 is 0. The van der Waals surface area contributed by atoms with Crippen molar-refractivity contribution in [3.05, 3.63) is 40.8 Å². The molecule has 0 atom stereocenters. The van der Waals surface area contributed by atoms with Crippen molar-refractivity contribution >= 4 is 11.7 Å². The van der Waals surface area contributed by atoms with Crippen molar-refractivity contribution in [3.8, 4) is 0 Å². The number of pyridine rings is 1. The van der Waals surface area contributed by atoms with Crippen LogP contribution in [0.5, 0.6) is 0 Å². The van der Waals surface area contributed by atoms with Gasteiger partial charge in [-0.1, -0.05) is 0 Å². The van der Waals surface area contributed by atoms with E-state index in [9.17, 15) is 4.79 Å². The Balaban J connectivity index is 2.14. The number of rotatable bonds is 4. The Hall–Kier alpha value is -2.37. The maximum atomic E-state index is 12.3. The smallest absolute Gasteiger partial charge is 0.255 e. The summed E-state index contributed by atoms with van der Waals surface area (Å²) in [7, 11) is 3.73. The molecule has 0 spiro atoms. The molecule has 0 fully saturated rings. The molecule has 0 bridgehead atoms. The normalized spacial score (nSPS) is 10.4. The Morgan fingerprint density at radius 2 is 2.15 bits per heavy atom. The van der Waals surface area contributed by atoms with Crippen LogP contribution in [0.3, 0.4) is 0 Å². The van der Waals surface area contributed by atoms with Crippen molar-refractivity contribution in [2.24, 2.45) is 0 Å². The van der Waals surface area contributed by atoms with Crippen molar-refractivity contribution in [2.45, 2.75) is 20.4 Å². The predicted octanol–water partition coefficient (Wildman–Crippen LogP) is 1.42. The van der Waals surface area contributed by atoms with Crippen LogP contribution < -0.4 is 10.2 Å². The quantitative estimate of drug-likeness (QED) is 0.883. The lowest BCUT2D eigenvalue weighted by Crippen LogP contribution is -2.26. The lowest BCUT2D eigenvalue weighted by Gasteiger charge is -2.15. The van der Waals surface area contributed by atoms with Crippen LogP contribution >= 0.6 is 0 Å². The molecule has 2 N–H and O–H groups in total. The number of anilines is 1.